The maximum Gasteiger partial charge on any atom is 0.339 e. The van der Waals surface area contributed by atoms with Gasteiger partial charge in [0.1, 0.15) is 9.90 Å². The molecule has 0 N–H and O–H groups in total. The predicted molar refractivity (Wildman–Crippen MR) is 86.5 cm³/mol. The number of benzene rings is 1. The highest BCUT2D eigenvalue weighted by Gasteiger charge is 2.41. The lowest BCUT2D eigenvalue weighted by atomic mass is 10.2. The minimum atomic E-state index is -3.79. The van der Waals surface area contributed by atoms with Gasteiger partial charge >= 0.3 is 6.03 Å². The average Bonchev–Trinajstić information content (AvgIpc) is 3.00. The summed E-state index contributed by atoms with van der Waals surface area (Å²) in [6, 6.07) is 10.2. The number of anilines is 1. The molecule has 0 saturated carbocycles. The molecule has 0 unspecified atom stereocenters. The van der Waals surface area contributed by atoms with Gasteiger partial charge in [0.15, 0.2) is 0 Å². The van der Waals surface area contributed by atoms with Crippen molar-refractivity contribution >= 4 is 32.4 Å². The number of hydrogen-bond acceptors (Lipinski definition) is 4. The van der Waals surface area contributed by atoms with Crippen molar-refractivity contribution in [2.75, 3.05) is 11.4 Å². The SMILES string of the molecule is CCCN1C(=O)N(Cc2ccccc2)S(=O)(=O)c2ccsc21. The molecule has 116 valence electrons. The molecule has 5 nitrogen and oxygen atoms in total. The van der Waals surface area contributed by atoms with Crippen LogP contribution in [0.25, 0.3) is 0 Å². The Balaban J connectivity index is 2.05. The predicted octanol–water partition coefficient (Wildman–Crippen LogP) is 3.29. The number of amides is 2. The van der Waals surface area contributed by atoms with Crippen molar-refractivity contribution in [2.45, 2.75) is 24.8 Å². The van der Waals surface area contributed by atoms with Crippen LogP contribution in [0.3, 0.4) is 0 Å². The number of carbonyl (C=O) groups is 1. The van der Waals surface area contributed by atoms with Crippen LogP contribution in [-0.4, -0.2) is 25.3 Å². The second-order valence-corrected chi connectivity index (χ2v) is 7.75. The van der Waals surface area contributed by atoms with Gasteiger partial charge in [-0.2, -0.15) is 0 Å². The van der Waals surface area contributed by atoms with Crippen molar-refractivity contribution in [1.82, 2.24) is 4.31 Å². The Hall–Kier alpha value is -1.86. The Kier molecular flexibility index (Phi) is 3.92. The fourth-order valence-corrected chi connectivity index (χ4v) is 5.24. The molecule has 2 aromatic rings. The van der Waals surface area contributed by atoms with Gasteiger partial charge in [0.05, 0.1) is 6.54 Å². The van der Waals surface area contributed by atoms with Crippen molar-refractivity contribution in [3.63, 3.8) is 0 Å². The van der Waals surface area contributed by atoms with E-state index in [-0.39, 0.29) is 11.4 Å². The topological polar surface area (TPSA) is 57.7 Å². The number of nitrogens with zero attached hydrogens (tertiary/aromatic N) is 2. The van der Waals surface area contributed by atoms with E-state index in [1.807, 2.05) is 37.3 Å². The molecular formula is C15H16N2O3S2. The highest BCUT2D eigenvalue weighted by atomic mass is 32.2. The third-order valence-electron chi connectivity index (χ3n) is 3.48. The van der Waals surface area contributed by atoms with Gasteiger partial charge in [-0.05, 0) is 23.4 Å². The van der Waals surface area contributed by atoms with Crippen molar-refractivity contribution in [2.24, 2.45) is 0 Å². The summed E-state index contributed by atoms with van der Waals surface area (Å²) in [5.74, 6) is 0. The molecule has 22 heavy (non-hydrogen) atoms. The molecule has 2 amide bonds. The molecule has 2 heterocycles. The average molecular weight is 336 g/mol. The van der Waals surface area contributed by atoms with E-state index in [2.05, 4.69) is 0 Å². The van der Waals surface area contributed by atoms with E-state index < -0.39 is 16.1 Å². The van der Waals surface area contributed by atoms with Crippen LogP contribution in [0.1, 0.15) is 18.9 Å². The summed E-state index contributed by atoms with van der Waals surface area (Å²) < 4.78 is 26.4. The van der Waals surface area contributed by atoms with E-state index in [1.54, 1.807) is 16.3 Å². The van der Waals surface area contributed by atoms with Gasteiger partial charge in [-0.15, -0.1) is 11.3 Å². The standard InChI is InChI=1S/C15H16N2O3S2/c1-2-9-16-14-13(8-10-21-14)22(19,20)17(15(16)18)11-12-6-4-3-5-7-12/h3-8,10H,2,9,11H2,1H3. The lowest BCUT2D eigenvalue weighted by molar-refractivity contribution is 0.226. The molecule has 0 aliphatic carbocycles. The summed E-state index contributed by atoms with van der Waals surface area (Å²) >= 11 is 1.29. The van der Waals surface area contributed by atoms with Crippen LogP contribution in [0.2, 0.25) is 0 Å². The van der Waals surface area contributed by atoms with Crippen LogP contribution >= 0.6 is 11.3 Å². The summed E-state index contributed by atoms with van der Waals surface area (Å²) in [5.41, 5.74) is 0.787. The Morgan fingerprint density at radius 2 is 1.86 bits per heavy atom. The van der Waals surface area contributed by atoms with E-state index in [4.69, 9.17) is 0 Å². The summed E-state index contributed by atoms with van der Waals surface area (Å²) in [6.45, 7) is 2.52. The second-order valence-electron chi connectivity index (χ2n) is 5.02. The molecule has 3 rings (SSSR count). The van der Waals surface area contributed by atoms with Crippen LogP contribution in [0.5, 0.6) is 0 Å². The first-order valence-electron chi connectivity index (χ1n) is 7.01. The molecule has 0 atom stereocenters. The van der Waals surface area contributed by atoms with Crippen molar-refractivity contribution in [3.05, 3.63) is 47.3 Å². The number of carbonyl (C=O) groups excluding carboxylic acids is 1. The van der Waals surface area contributed by atoms with Crippen LogP contribution in [-0.2, 0) is 16.6 Å². The Labute approximate surface area is 133 Å². The number of fused-ring (bicyclic) bond motifs is 1. The van der Waals surface area contributed by atoms with E-state index in [9.17, 15) is 13.2 Å². The highest BCUT2D eigenvalue weighted by Crippen LogP contribution is 2.39. The first kappa shape index (κ1) is 15.1. The molecular weight excluding hydrogens is 320 g/mol. The lowest BCUT2D eigenvalue weighted by Gasteiger charge is -2.34. The Morgan fingerprint density at radius 1 is 1.14 bits per heavy atom. The highest BCUT2D eigenvalue weighted by molar-refractivity contribution is 7.90. The zero-order valence-corrected chi connectivity index (χ0v) is 13.7. The van der Waals surface area contributed by atoms with Gasteiger partial charge in [0, 0.05) is 6.54 Å². The number of sulfonamides is 1. The largest absolute Gasteiger partial charge is 0.339 e. The maximum atomic E-state index is 12.7. The first-order valence-corrected chi connectivity index (χ1v) is 9.33. The fourth-order valence-electron chi connectivity index (χ4n) is 2.45. The second kappa shape index (κ2) is 5.73. The van der Waals surface area contributed by atoms with E-state index in [0.29, 0.717) is 11.5 Å². The molecule has 0 spiro atoms. The third kappa shape index (κ3) is 2.40. The Bertz CT molecular complexity index is 784. The zero-order chi connectivity index (χ0) is 15.7. The van der Waals surface area contributed by atoms with Crippen LogP contribution in [0.4, 0.5) is 9.80 Å². The summed E-state index contributed by atoms with van der Waals surface area (Å²) in [6.07, 6.45) is 0.766. The first-order chi connectivity index (χ1) is 10.6. The normalized spacial score (nSPS) is 16.7. The molecule has 1 aliphatic heterocycles. The van der Waals surface area contributed by atoms with Crippen molar-refractivity contribution in [3.8, 4) is 0 Å². The van der Waals surface area contributed by atoms with E-state index in [1.165, 1.54) is 11.3 Å². The Morgan fingerprint density at radius 3 is 2.55 bits per heavy atom. The molecule has 0 fully saturated rings. The number of urea groups is 1. The quantitative estimate of drug-likeness (QED) is 0.861. The molecule has 0 bridgehead atoms. The summed E-state index contributed by atoms with van der Waals surface area (Å²) in [7, 11) is -3.79. The maximum absolute atomic E-state index is 12.7. The van der Waals surface area contributed by atoms with Gasteiger partial charge < -0.3 is 0 Å². The smallest absolute Gasteiger partial charge is 0.283 e. The van der Waals surface area contributed by atoms with Gasteiger partial charge in [-0.1, -0.05) is 37.3 Å². The van der Waals surface area contributed by atoms with Crippen molar-refractivity contribution in [1.29, 1.82) is 0 Å². The molecule has 1 aliphatic rings. The number of hydrogen-bond donors (Lipinski definition) is 0. The summed E-state index contributed by atoms with van der Waals surface area (Å²) in [4.78, 5) is 14.5. The lowest BCUT2D eigenvalue weighted by Crippen LogP contribution is -2.49. The van der Waals surface area contributed by atoms with Crippen LogP contribution in [0.15, 0.2) is 46.7 Å². The number of rotatable bonds is 4. The third-order valence-corrected chi connectivity index (χ3v) is 6.30. The molecule has 1 aromatic heterocycles. The minimum absolute atomic E-state index is 0.0531. The van der Waals surface area contributed by atoms with E-state index in [0.717, 1.165) is 16.3 Å². The van der Waals surface area contributed by atoms with Gasteiger partial charge in [-0.25, -0.2) is 17.5 Å². The monoisotopic (exact) mass is 336 g/mol. The minimum Gasteiger partial charge on any atom is -0.283 e. The van der Waals surface area contributed by atoms with Crippen molar-refractivity contribution < 1.29 is 13.2 Å². The van der Waals surface area contributed by atoms with Gasteiger partial charge in [-0.3, -0.25) is 4.90 Å². The molecule has 0 radical (unpaired) electrons. The van der Waals surface area contributed by atoms with Gasteiger partial charge in [0.2, 0.25) is 0 Å². The summed E-state index contributed by atoms with van der Waals surface area (Å²) in [5, 5.41) is 2.24. The van der Waals surface area contributed by atoms with Crippen LogP contribution in [0, 0.1) is 0 Å². The molecule has 1 aromatic carbocycles. The zero-order valence-electron chi connectivity index (χ0n) is 12.1. The fraction of sp³-hybridized carbons (Fsp3) is 0.267. The molecule has 0 saturated heterocycles. The van der Waals surface area contributed by atoms with Crippen LogP contribution < -0.4 is 4.90 Å². The van der Waals surface area contributed by atoms with Gasteiger partial charge in [0.25, 0.3) is 10.0 Å². The number of thiophene rings is 1. The van der Waals surface area contributed by atoms with E-state index >= 15 is 0 Å². The molecule has 7 heteroatoms.